The molecule has 6 heteroatoms. The molecule has 4 atom stereocenters. The van der Waals surface area contributed by atoms with Crippen molar-refractivity contribution in [1.29, 1.82) is 0 Å². The van der Waals surface area contributed by atoms with E-state index >= 15 is 0 Å². The average molecular weight is 408 g/mol. The molecule has 6 nitrogen and oxygen atoms in total. The molecular formula is C24H29N3O3. The van der Waals surface area contributed by atoms with Crippen LogP contribution in [-0.2, 0) is 9.53 Å². The molecule has 0 radical (unpaired) electrons. The number of esters is 1. The van der Waals surface area contributed by atoms with Crippen LogP contribution < -0.4 is 4.90 Å². The highest BCUT2D eigenvalue weighted by molar-refractivity contribution is 6.09. The van der Waals surface area contributed by atoms with Crippen LogP contribution in [0.25, 0.3) is 0 Å². The van der Waals surface area contributed by atoms with Gasteiger partial charge in [0, 0.05) is 28.9 Å². The monoisotopic (exact) mass is 407 g/mol. The van der Waals surface area contributed by atoms with Gasteiger partial charge < -0.3 is 4.74 Å². The van der Waals surface area contributed by atoms with Gasteiger partial charge in [-0.25, -0.2) is 9.79 Å². The van der Waals surface area contributed by atoms with Gasteiger partial charge in [0.25, 0.3) is 0 Å². The van der Waals surface area contributed by atoms with E-state index in [0.29, 0.717) is 11.4 Å². The van der Waals surface area contributed by atoms with E-state index in [1.54, 1.807) is 11.0 Å². The van der Waals surface area contributed by atoms with Crippen LogP contribution in [0.2, 0.25) is 0 Å². The summed E-state index contributed by atoms with van der Waals surface area (Å²) in [5.41, 5.74) is 3.26. The van der Waals surface area contributed by atoms with Gasteiger partial charge in [-0.1, -0.05) is 49.4 Å². The number of aliphatic imine (C=N–C) groups is 2. The summed E-state index contributed by atoms with van der Waals surface area (Å²) in [6, 6.07) is 9.11. The minimum Gasteiger partial charge on any atom is -0.461 e. The van der Waals surface area contributed by atoms with Gasteiger partial charge in [-0.3, -0.25) is 14.7 Å². The number of fused-ring (bicyclic) bond motifs is 1. The Hall–Kier alpha value is -3.02. The molecule has 2 aliphatic rings. The predicted octanol–water partition coefficient (Wildman–Crippen LogP) is 4.82. The number of allylic oxidation sites excluding steroid dienone is 2. The molecule has 0 saturated carbocycles. The Morgan fingerprint density at radius 3 is 2.53 bits per heavy atom. The summed E-state index contributed by atoms with van der Waals surface area (Å²) in [5, 5.41) is 0. The van der Waals surface area contributed by atoms with Crippen molar-refractivity contribution in [3.05, 3.63) is 54.6 Å². The second-order valence-electron chi connectivity index (χ2n) is 7.59. The molecule has 1 aromatic carbocycles. The summed E-state index contributed by atoms with van der Waals surface area (Å²) in [4.78, 5) is 36.8. The first-order chi connectivity index (χ1) is 14.4. The largest absolute Gasteiger partial charge is 0.461 e. The molecule has 0 N–H and O–H groups in total. The summed E-state index contributed by atoms with van der Waals surface area (Å²) in [7, 11) is 0. The molecule has 1 aromatic rings. The van der Waals surface area contributed by atoms with E-state index in [4.69, 9.17) is 9.73 Å². The van der Waals surface area contributed by atoms with E-state index in [-0.39, 0.29) is 30.4 Å². The second-order valence-corrected chi connectivity index (χ2v) is 7.59. The van der Waals surface area contributed by atoms with E-state index in [1.807, 2.05) is 51.1 Å². The lowest BCUT2D eigenvalue weighted by molar-refractivity contribution is -0.146. The zero-order valence-corrected chi connectivity index (χ0v) is 18.0. The van der Waals surface area contributed by atoms with Crippen LogP contribution in [0, 0.1) is 17.8 Å². The SMILES string of the molecule is C=CCOC(=O)C1C(C)=NC2C(C(C)=NC(=O)N2c2ccccc2)C1C(=CC)CC. The van der Waals surface area contributed by atoms with Crippen molar-refractivity contribution in [2.24, 2.45) is 27.7 Å². The van der Waals surface area contributed by atoms with Crippen LogP contribution in [0.15, 0.2) is 64.6 Å². The number of hydrogen-bond acceptors (Lipinski definition) is 4. The Labute approximate surface area is 178 Å². The molecular weight excluding hydrogens is 378 g/mol. The third kappa shape index (κ3) is 3.86. The zero-order valence-electron chi connectivity index (χ0n) is 18.0. The Bertz CT molecular complexity index is 917. The van der Waals surface area contributed by atoms with Crippen molar-refractivity contribution < 1.29 is 14.3 Å². The fourth-order valence-corrected chi connectivity index (χ4v) is 4.58. The van der Waals surface area contributed by atoms with Crippen molar-refractivity contribution >= 4 is 29.1 Å². The minimum absolute atomic E-state index is 0.155. The summed E-state index contributed by atoms with van der Waals surface area (Å²) >= 11 is 0. The van der Waals surface area contributed by atoms with Gasteiger partial charge in [-0.15, -0.1) is 0 Å². The number of anilines is 1. The molecule has 158 valence electrons. The number of hydrogen-bond donors (Lipinski definition) is 0. The van der Waals surface area contributed by atoms with E-state index in [2.05, 4.69) is 24.6 Å². The number of amides is 2. The molecule has 0 aliphatic carbocycles. The van der Waals surface area contributed by atoms with E-state index in [1.165, 1.54) is 0 Å². The molecule has 2 heterocycles. The van der Waals surface area contributed by atoms with Crippen molar-refractivity contribution in [2.45, 2.75) is 40.3 Å². The van der Waals surface area contributed by atoms with Crippen molar-refractivity contribution in [1.82, 2.24) is 0 Å². The quantitative estimate of drug-likeness (QED) is 0.501. The van der Waals surface area contributed by atoms with Crippen LogP contribution in [0.4, 0.5) is 10.5 Å². The maximum atomic E-state index is 13.0. The summed E-state index contributed by atoms with van der Waals surface area (Å²) in [5.74, 6) is -1.22. The summed E-state index contributed by atoms with van der Waals surface area (Å²) in [6.07, 6.45) is 3.96. The lowest BCUT2D eigenvalue weighted by Gasteiger charge is -2.46. The van der Waals surface area contributed by atoms with Crippen LogP contribution in [0.5, 0.6) is 0 Å². The molecule has 0 fully saturated rings. The van der Waals surface area contributed by atoms with Crippen LogP contribution >= 0.6 is 0 Å². The Kier molecular flexibility index (Phi) is 6.65. The number of rotatable bonds is 6. The first-order valence-electron chi connectivity index (χ1n) is 10.3. The molecule has 0 bridgehead atoms. The number of para-hydroxylation sites is 1. The van der Waals surface area contributed by atoms with E-state index in [0.717, 1.165) is 17.7 Å². The summed E-state index contributed by atoms with van der Waals surface area (Å²) in [6.45, 7) is 11.6. The Balaban J connectivity index is 2.16. The van der Waals surface area contributed by atoms with Gasteiger partial charge in [0.1, 0.15) is 18.7 Å². The number of urea groups is 1. The lowest BCUT2D eigenvalue weighted by atomic mass is 9.68. The third-order valence-corrected chi connectivity index (χ3v) is 5.92. The second kappa shape index (κ2) is 9.20. The minimum atomic E-state index is -0.520. The van der Waals surface area contributed by atoms with E-state index < -0.39 is 12.1 Å². The molecule has 30 heavy (non-hydrogen) atoms. The maximum absolute atomic E-state index is 13.0. The number of ether oxygens (including phenoxy) is 1. The van der Waals surface area contributed by atoms with Gasteiger partial charge in [0.15, 0.2) is 0 Å². The smallest absolute Gasteiger partial charge is 0.349 e. The Morgan fingerprint density at radius 1 is 1.23 bits per heavy atom. The Morgan fingerprint density at radius 2 is 1.93 bits per heavy atom. The summed E-state index contributed by atoms with van der Waals surface area (Å²) < 4.78 is 5.43. The van der Waals surface area contributed by atoms with Crippen LogP contribution in [-0.4, -0.2) is 36.2 Å². The van der Waals surface area contributed by atoms with Gasteiger partial charge in [0.2, 0.25) is 0 Å². The van der Waals surface area contributed by atoms with Crippen molar-refractivity contribution in [3.63, 3.8) is 0 Å². The number of nitrogens with zero attached hydrogens (tertiary/aromatic N) is 3. The van der Waals surface area contributed by atoms with Crippen molar-refractivity contribution in [3.8, 4) is 0 Å². The van der Waals surface area contributed by atoms with Crippen LogP contribution in [0.1, 0.15) is 34.1 Å². The van der Waals surface area contributed by atoms with Gasteiger partial charge >= 0.3 is 12.0 Å². The van der Waals surface area contributed by atoms with Gasteiger partial charge in [-0.05, 0) is 39.3 Å². The highest BCUT2D eigenvalue weighted by Crippen LogP contribution is 2.43. The highest BCUT2D eigenvalue weighted by Gasteiger charge is 2.51. The number of carbonyl (C=O) groups is 2. The number of carbonyl (C=O) groups excluding carboxylic acids is 2. The van der Waals surface area contributed by atoms with Crippen LogP contribution in [0.3, 0.4) is 0 Å². The fourth-order valence-electron chi connectivity index (χ4n) is 4.58. The first-order valence-corrected chi connectivity index (χ1v) is 10.3. The first kappa shape index (κ1) is 21.7. The van der Waals surface area contributed by atoms with E-state index in [9.17, 15) is 9.59 Å². The van der Waals surface area contributed by atoms with Gasteiger partial charge in [-0.2, -0.15) is 0 Å². The van der Waals surface area contributed by atoms with Gasteiger partial charge in [0.05, 0.1) is 0 Å². The number of benzene rings is 1. The normalized spacial score (nSPS) is 26.5. The maximum Gasteiger partial charge on any atom is 0.349 e. The third-order valence-electron chi connectivity index (χ3n) is 5.92. The molecule has 0 aromatic heterocycles. The molecule has 2 amide bonds. The predicted molar refractivity (Wildman–Crippen MR) is 120 cm³/mol. The molecule has 3 rings (SSSR count). The lowest BCUT2D eigenvalue weighted by Crippen LogP contribution is -2.57. The topological polar surface area (TPSA) is 71.3 Å². The molecule has 0 spiro atoms. The zero-order chi connectivity index (χ0) is 21.8. The average Bonchev–Trinajstić information content (AvgIpc) is 2.73. The highest BCUT2D eigenvalue weighted by atomic mass is 16.5. The van der Waals surface area contributed by atoms with Crippen molar-refractivity contribution in [2.75, 3.05) is 11.5 Å². The molecule has 0 saturated heterocycles. The molecule has 2 aliphatic heterocycles. The molecule has 4 unspecified atom stereocenters. The fraction of sp³-hybridized carbons (Fsp3) is 0.417. The standard InChI is InChI=1S/C24H29N3O3/c1-6-14-30-23(28)20-16(5)25-22-19(21(20)17(7-2)8-3)15(4)26-24(29)27(22)18-12-10-9-11-13-18/h6-7,9-13,19-22H,1,8,14H2,2-5H3.